The lowest BCUT2D eigenvalue weighted by Gasteiger charge is -2.13. The zero-order valence-corrected chi connectivity index (χ0v) is 9.49. The van der Waals surface area contributed by atoms with Gasteiger partial charge in [-0.1, -0.05) is 18.2 Å². The molecule has 0 spiro atoms. The molecule has 0 radical (unpaired) electrons. The number of nitrogens with zero attached hydrogens (tertiary/aromatic N) is 2. The summed E-state index contributed by atoms with van der Waals surface area (Å²) in [6.45, 7) is 5.20. The Morgan fingerprint density at radius 3 is 2.93 bits per heavy atom. The average Bonchev–Trinajstić information content (AvgIpc) is 2.70. The predicted octanol–water partition coefficient (Wildman–Crippen LogP) is 2.34. The normalized spacial score (nSPS) is 13.3. The quantitative estimate of drug-likeness (QED) is 0.829. The standard InChI is InChI=1S/C12H17N3/c1-4-15-12-10(8-14-15)6-5-7-11(12)9(2)13-3/h5-9,13H,4H2,1-3H3. The van der Waals surface area contributed by atoms with E-state index in [9.17, 15) is 0 Å². The maximum atomic E-state index is 4.38. The molecule has 80 valence electrons. The highest BCUT2D eigenvalue weighted by Gasteiger charge is 2.10. The van der Waals surface area contributed by atoms with Crippen LogP contribution in [0.4, 0.5) is 0 Å². The number of nitrogens with one attached hydrogen (secondary N) is 1. The first-order valence-corrected chi connectivity index (χ1v) is 5.39. The van der Waals surface area contributed by atoms with Crippen molar-refractivity contribution in [2.24, 2.45) is 0 Å². The largest absolute Gasteiger partial charge is 0.313 e. The van der Waals surface area contributed by atoms with Crippen molar-refractivity contribution in [3.05, 3.63) is 30.0 Å². The van der Waals surface area contributed by atoms with E-state index in [1.54, 1.807) is 0 Å². The third-order valence-electron chi connectivity index (χ3n) is 2.89. The van der Waals surface area contributed by atoms with Gasteiger partial charge in [0.15, 0.2) is 0 Å². The monoisotopic (exact) mass is 203 g/mol. The van der Waals surface area contributed by atoms with Crippen molar-refractivity contribution in [2.75, 3.05) is 7.05 Å². The predicted molar refractivity (Wildman–Crippen MR) is 62.9 cm³/mol. The minimum Gasteiger partial charge on any atom is -0.313 e. The number of rotatable bonds is 3. The zero-order valence-electron chi connectivity index (χ0n) is 9.49. The fourth-order valence-corrected chi connectivity index (χ4v) is 1.92. The van der Waals surface area contributed by atoms with E-state index in [4.69, 9.17) is 0 Å². The number of benzene rings is 1. The smallest absolute Gasteiger partial charge is 0.0729 e. The summed E-state index contributed by atoms with van der Waals surface area (Å²) in [6, 6.07) is 6.72. The summed E-state index contributed by atoms with van der Waals surface area (Å²) in [5.41, 5.74) is 2.57. The maximum Gasteiger partial charge on any atom is 0.0729 e. The van der Waals surface area contributed by atoms with Gasteiger partial charge in [0.25, 0.3) is 0 Å². The lowest BCUT2D eigenvalue weighted by molar-refractivity contribution is 0.638. The molecule has 15 heavy (non-hydrogen) atoms. The highest BCUT2D eigenvalue weighted by molar-refractivity contribution is 5.82. The van der Waals surface area contributed by atoms with Crippen molar-refractivity contribution in [1.29, 1.82) is 0 Å². The van der Waals surface area contributed by atoms with Gasteiger partial charge in [-0.3, -0.25) is 4.68 Å². The van der Waals surface area contributed by atoms with Crippen LogP contribution < -0.4 is 5.32 Å². The third kappa shape index (κ3) is 1.63. The minimum atomic E-state index is 0.357. The van der Waals surface area contributed by atoms with E-state index >= 15 is 0 Å². The molecule has 1 aromatic carbocycles. The Morgan fingerprint density at radius 1 is 1.47 bits per heavy atom. The highest BCUT2D eigenvalue weighted by Crippen LogP contribution is 2.23. The van der Waals surface area contributed by atoms with Crippen LogP contribution in [0.5, 0.6) is 0 Å². The summed E-state index contributed by atoms with van der Waals surface area (Å²) in [4.78, 5) is 0. The first kappa shape index (κ1) is 10.2. The average molecular weight is 203 g/mol. The molecule has 3 heteroatoms. The van der Waals surface area contributed by atoms with Crippen LogP contribution in [0.15, 0.2) is 24.4 Å². The van der Waals surface area contributed by atoms with Crippen LogP contribution in [-0.4, -0.2) is 16.8 Å². The van der Waals surface area contributed by atoms with Gasteiger partial charge in [0.05, 0.1) is 11.7 Å². The molecule has 0 aliphatic heterocycles. The van der Waals surface area contributed by atoms with Crippen molar-refractivity contribution in [1.82, 2.24) is 15.1 Å². The molecule has 1 atom stereocenters. The lowest BCUT2D eigenvalue weighted by atomic mass is 10.1. The Morgan fingerprint density at radius 2 is 2.27 bits per heavy atom. The van der Waals surface area contributed by atoms with Crippen molar-refractivity contribution in [3.8, 4) is 0 Å². The second kappa shape index (κ2) is 4.03. The van der Waals surface area contributed by atoms with E-state index < -0.39 is 0 Å². The minimum absolute atomic E-state index is 0.357. The van der Waals surface area contributed by atoms with Gasteiger partial charge < -0.3 is 5.32 Å². The molecule has 2 rings (SSSR count). The molecule has 1 heterocycles. The molecule has 1 aromatic heterocycles. The van der Waals surface area contributed by atoms with Crippen LogP contribution in [0.3, 0.4) is 0 Å². The van der Waals surface area contributed by atoms with Gasteiger partial charge in [0, 0.05) is 18.0 Å². The maximum absolute atomic E-state index is 4.38. The van der Waals surface area contributed by atoms with Crippen LogP contribution in [0.25, 0.3) is 10.9 Å². The van der Waals surface area contributed by atoms with Crippen LogP contribution in [-0.2, 0) is 6.54 Å². The van der Waals surface area contributed by atoms with Crippen LogP contribution in [0.1, 0.15) is 25.5 Å². The van der Waals surface area contributed by atoms with Gasteiger partial charge in [0.2, 0.25) is 0 Å². The molecule has 0 saturated heterocycles. The fraction of sp³-hybridized carbons (Fsp3) is 0.417. The zero-order chi connectivity index (χ0) is 10.8. The van der Waals surface area contributed by atoms with Gasteiger partial charge in [0.1, 0.15) is 0 Å². The van der Waals surface area contributed by atoms with Crippen molar-refractivity contribution in [3.63, 3.8) is 0 Å². The Bertz CT molecular complexity index is 459. The summed E-state index contributed by atoms with van der Waals surface area (Å²) < 4.78 is 2.05. The molecule has 1 N–H and O–H groups in total. The topological polar surface area (TPSA) is 29.9 Å². The first-order chi connectivity index (χ1) is 7.27. The van der Waals surface area contributed by atoms with Gasteiger partial charge >= 0.3 is 0 Å². The van der Waals surface area contributed by atoms with Crippen LogP contribution >= 0.6 is 0 Å². The summed E-state index contributed by atoms with van der Waals surface area (Å²) in [7, 11) is 1.98. The molecule has 0 saturated carbocycles. The molecule has 0 amide bonds. The fourth-order valence-electron chi connectivity index (χ4n) is 1.92. The Balaban J connectivity index is 2.66. The second-order valence-corrected chi connectivity index (χ2v) is 3.76. The summed E-state index contributed by atoms with van der Waals surface area (Å²) in [6.07, 6.45) is 1.94. The van der Waals surface area contributed by atoms with E-state index in [1.807, 2.05) is 13.2 Å². The molecule has 0 aliphatic rings. The Hall–Kier alpha value is -1.35. The molecule has 3 nitrogen and oxygen atoms in total. The van der Waals surface area contributed by atoms with Crippen LogP contribution in [0, 0.1) is 0 Å². The van der Waals surface area contributed by atoms with E-state index in [2.05, 4.69) is 47.1 Å². The summed E-state index contributed by atoms with van der Waals surface area (Å²) in [5.74, 6) is 0. The van der Waals surface area contributed by atoms with E-state index in [0.717, 1.165) is 6.54 Å². The van der Waals surface area contributed by atoms with Crippen molar-refractivity contribution < 1.29 is 0 Å². The third-order valence-corrected chi connectivity index (χ3v) is 2.89. The number of hydrogen-bond donors (Lipinski definition) is 1. The lowest BCUT2D eigenvalue weighted by Crippen LogP contribution is -2.13. The number of para-hydroxylation sites is 1. The molecule has 0 aliphatic carbocycles. The van der Waals surface area contributed by atoms with Crippen molar-refractivity contribution >= 4 is 10.9 Å². The van der Waals surface area contributed by atoms with E-state index in [1.165, 1.54) is 16.5 Å². The summed E-state index contributed by atoms with van der Waals surface area (Å²) >= 11 is 0. The summed E-state index contributed by atoms with van der Waals surface area (Å²) in [5, 5.41) is 8.87. The Kier molecular flexibility index (Phi) is 2.73. The van der Waals surface area contributed by atoms with Gasteiger partial charge in [-0.25, -0.2) is 0 Å². The number of aryl methyl sites for hydroxylation is 1. The molecular weight excluding hydrogens is 186 g/mol. The molecule has 0 fully saturated rings. The van der Waals surface area contributed by atoms with E-state index in [0.29, 0.717) is 6.04 Å². The number of fused-ring (bicyclic) bond motifs is 1. The molecule has 1 unspecified atom stereocenters. The van der Waals surface area contributed by atoms with Gasteiger partial charge in [-0.2, -0.15) is 5.10 Å². The van der Waals surface area contributed by atoms with E-state index in [-0.39, 0.29) is 0 Å². The van der Waals surface area contributed by atoms with Gasteiger partial charge in [-0.05, 0) is 26.5 Å². The molecule has 2 aromatic rings. The second-order valence-electron chi connectivity index (χ2n) is 3.76. The van der Waals surface area contributed by atoms with Crippen LogP contribution in [0.2, 0.25) is 0 Å². The van der Waals surface area contributed by atoms with Crippen molar-refractivity contribution in [2.45, 2.75) is 26.4 Å². The van der Waals surface area contributed by atoms with Gasteiger partial charge in [-0.15, -0.1) is 0 Å². The first-order valence-electron chi connectivity index (χ1n) is 5.39. The Labute approximate surface area is 90.1 Å². The number of aromatic nitrogens is 2. The SMILES string of the molecule is CCn1ncc2cccc(C(C)NC)c21. The molecule has 0 bridgehead atoms. The number of hydrogen-bond acceptors (Lipinski definition) is 2. The molecular formula is C12H17N3. The highest BCUT2D eigenvalue weighted by atomic mass is 15.3.